The van der Waals surface area contributed by atoms with Gasteiger partial charge in [-0.1, -0.05) is 13.8 Å². The average Bonchev–Trinajstić information content (AvgIpc) is 2.37. The molecule has 7 heteroatoms. The molecule has 118 valence electrons. The number of amides is 2. The van der Waals surface area contributed by atoms with Gasteiger partial charge in [0.1, 0.15) is 0 Å². The molecule has 0 heterocycles. The normalized spacial score (nSPS) is 13.1. The van der Waals surface area contributed by atoms with E-state index in [1.54, 1.807) is 0 Å². The molecular formula is C14H20F3N3O. The highest BCUT2D eigenvalue weighted by Crippen LogP contribution is 2.29. The predicted molar refractivity (Wildman–Crippen MR) is 75.9 cm³/mol. The minimum atomic E-state index is -4.38. The van der Waals surface area contributed by atoms with Crippen molar-refractivity contribution in [3.05, 3.63) is 29.8 Å². The van der Waals surface area contributed by atoms with Crippen LogP contribution in [0.4, 0.5) is 23.7 Å². The van der Waals surface area contributed by atoms with E-state index in [0.717, 1.165) is 12.1 Å². The highest BCUT2D eigenvalue weighted by Gasteiger charge is 2.30. The largest absolute Gasteiger partial charge is 0.416 e. The molecule has 0 aliphatic carbocycles. The van der Waals surface area contributed by atoms with Crippen molar-refractivity contribution in [3.63, 3.8) is 0 Å². The summed E-state index contributed by atoms with van der Waals surface area (Å²) < 4.78 is 37.2. The lowest BCUT2D eigenvalue weighted by molar-refractivity contribution is -0.137. The summed E-state index contributed by atoms with van der Waals surface area (Å²) in [5.41, 5.74) is 5.02. The van der Waals surface area contributed by atoms with Crippen LogP contribution in [0.3, 0.4) is 0 Å². The maximum absolute atomic E-state index is 12.4. The van der Waals surface area contributed by atoms with Crippen molar-refractivity contribution < 1.29 is 18.0 Å². The second kappa shape index (κ2) is 7.31. The van der Waals surface area contributed by atoms with Crippen molar-refractivity contribution >= 4 is 11.7 Å². The maximum Gasteiger partial charge on any atom is 0.416 e. The Kier molecular flexibility index (Phi) is 6.02. The van der Waals surface area contributed by atoms with E-state index in [4.69, 9.17) is 5.73 Å². The lowest BCUT2D eigenvalue weighted by Gasteiger charge is -2.22. The Morgan fingerprint density at radius 3 is 2.24 bits per heavy atom. The zero-order valence-corrected chi connectivity index (χ0v) is 12.0. The topological polar surface area (TPSA) is 67.1 Å². The van der Waals surface area contributed by atoms with Gasteiger partial charge in [0, 0.05) is 11.7 Å². The predicted octanol–water partition coefficient (Wildman–Crippen LogP) is 3.20. The molecule has 0 saturated carbocycles. The number of hydrogen-bond acceptors (Lipinski definition) is 2. The van der Waals surface area contributed by atoms with Crippen LogP contribution >= 0.6 is 0 Å². The Bertz CT molecular complexity index is 458. The molecule has 0 aromatic heterocycles. The number of benzene rings is 1. The summed E-state index contributed by atoms with van der Waals surface area (Å²) in [6, 6.07) is 3.75. The third kappa shape index (κ3) is 5.63. The van der Waals surface area contributed by atoms with Crippen LogP contribution in [0.25, 0.3) is 0 Å². The van der Waals surface area contributed by atoms with Gasteiger partial charge >= 0.3 is 12.2 Å². The van der Waals surface area contributed by atoms with E-state index in [1.165, 1.54) is 12.1 Å². The summed E-state index contributed by atoms with van der Waals surface area (Å²) in [4.78, 5) is 11.8. The summed E-state index contributed by atoms with van der Waals surface area (Å²) >= 11 is 0. The lowest BCUT2D eigenvalue weighted by Crippen LogP contribution is -2.42. The number of nitrogens with two attached hydrogens (primary N) is 1. The summed E-state index contributed by atoms with van der Waals surface area (Å²) in [6.45, 7) is 4.36. The van der Waals surface area contributed by atoms with Crippen LogP contribution in [0.2, 0.25) is 0 Å². The molecule has 0 aliphatic rings. The first-order chi connectivity index (χ1) is 9.74. The smallest absolute Gasteiger partial charge is 0.335 e. The van der Waals surface area contributed by atoms with E-state index in [-0.39, 0.29) is 12.0 Å². The molecule has 0 fully saturated rings. The zero-order valence-electron chi connectivity index (χ0n) is 12.0. The van der Waals surface area contributed by atoms with Crippen LogP contribution in [0.5, 0.6) is 0 Å². The number of hydrogen-bond donors (Lipinski definition) is 3. The fraction of sp³-hybridized carbons (Fsp3) is 0.500. The Morgan fingerprint density at radius 1 is 1.24 bits per heavy atom. The molecule has 0 aliphatic heterocycles. The molecule has 21 heavy (non-hydrogen) atoms. The summed E-state index contributed by atoms with van der Waals surface area (Å²) in [5.74, 6) is 0.215. The number of rotatable bonds is 5. The number of nitrogens with one attached hydrogen (secondary N) is 2. The van der Waals surface area contributed by atoms with Gasteiger partial charge in [-0.05, 0) is 43.1 Å². The number of urea groups is 1. The molecular weight excluding hydrogens is 283 g/mol. The van der Waals surface area contributed by atoms with Gasteiger partial charge in [0.05, 0.1) is 5.56 Å². The molecule has 0 bridgehead atoms. The van der Waals surface area contributed by atoms with Gasteiger partial charge in [0.15, 0.2) is 0 Å². The van der Waals surface area contributed by atoms with Crippen LogP contribution in [0, 0.1) is 5.92 Å². The fourth-order valence-corrected chi connectivity index (χ4v) is 1.83. The average molecular weight is 303 g/mol. The van der Waals surface area contributed by atoms with E-state index >= 15 is 0 Å². The number of carbonyl (C=O) groups excluding carboxylic acids is 1. The van der Waals surface area contributed by atoms with Crippen molar-refractivity contribution in [1.29, 1.82) is 0 Å². The molecule has 1 unspecified atom stereocenters. The van der Waals surface area contributed by atoms with Crippen LogP contribution in [-0.2, 0) is 6.18 Å². The van der Waals surface area contributed by atoms with Crippen LogP contribution in [0.1, 0.15) is 25.8 Å². The van der Waals surface area contributed by atoms with Crippen molar-refractivity contribution in [3.8, 4) is 0 Å². The number of halogens is 3. The van der Waals surface area contributed by atoms with Gasteiger partial charge < -0.3 is 16.4 Å². The summed E-state index contributed by atoms with van der Waals surface area (Å²) in [7, 11) is 0. The molecule has 0 spiro atoms. The first-order valence-corrected chi connectivity index (χ1v) is 6.69. The number of carbonyl (C=O) groups is 1. The third-order valence-corrected chi connectivity index (χ3v) is 3.07. The van der Waals surface area contributed by atoms with Gasteiger partial charge in [0.25, 0.3) is 0 Å². The molecule has 2 amide bonds. The van der Waals surface area contributed by atoms with Gasteiger partial charge in [-0.15, -0.1) is 0 Å². The van der Waals surface area contributed by atoms with E-state index in [1.807, 2.05) is 13.8 Å². The molecule has 4 nitrogen and oxygen atoms in total. The van der Waals surface area contributed by atoms with Crippen LogP contribution in [-0.4, -0.2) is 18.6 Å². The molecule has 0 radical (unpaired) electrons. The van der Waals surface area contributed by atoms with Crippen molar-refractivity contribution in [2.45, 2.75) is 32.5 Å². The van der Waals surface area contributed by atoms with Crippen LogP contribution < -0.4 is 16.4 Å². The zero-order chi connectivity index (χ0) is 16.0. The van der Waals surface area contributed by atoms with Crippen LogP contribution in [0.15, 0.2) is 24.3 Å². The first kappa shape index (κ1) is 17.3. The van der Waals surface area contributed by atoms with E-state index < -0.39 is 17.8 Å². The van der Waals surface area contributed by atoms with Gasteiger partial charge in [-0.2, -0.15) is 13.2 Å². The molecule has 1 aromatic rings. The standard InChI is InChI=1S/C14H20F3N3O/c1-9(2)12(7-8-18)20-13(21)19-11-5-3-10(4-6-11)14(15,16)17/h3-6,9,12H,7-8,18H2,1-2H3,(H2,19,20,21). The molecule has 1 rings (SSSR count). The minimum absolute atomic E-state index is 0.0792. The molecule has 4 N–H and O–H groups in total. The van der Waals surface area contributed by atoms with E-state index in [9.17, 15) is 18.0 Å². The number of alkyl halides is 3. The Balaban J connectivity index is 2.62. The van der Waals surface area contributed by atoms with E-state index in [0.29, 0.717) is 18.7 Å². The third-order valence-electron chi connectivity index (χ3n) is 3.07. The quantitative estimate of drug-likeness (QED) is 0.782. The minimum Gasteiger partial charge on any atom is -0.335 e. The van der Waals surface area contributed by atoms with Gasteiger partial charge in [-0.25, -0.2) is 4.79 Å². The van der Waals surface area contributed by atoms with Crippen molar-refractivity contribution in [2.24, 2.45) is 11.7 Å². The second-order valence-electron chi connectivity index (χ2n) is 5.10. The van der Waals surface area contributed by atoms with Gasteiger partial charge in [-0.3, -0.25) is 0 Å². The summed E-state index contributed by atoms with van der Waals surface area (Å²) in [6.07, 6.45) is -3.75. The monoisotopic (exact) mass is 303 g/mol. The summed E-state index contributed by atoms with van der Waals surface area (Å²) in [5, 5.41) is 5.26. The highest BCUT2D eigenvalue weighted by atomic mass is 19.4. The SMILES string of the molecule is CC(C)C(CCN)NC(=O)Nc1ccc(C(F)(F)F)cc1. The Hall–Kier alpha value is -1.76. The van der Waals surface area contributed by atoms with Gasteiger partial charge in [0.2, 0.25) is 0 Å². The molecule has 1 aromatic carbocycles. The Labute approximate surface area is 121 Å². The van der Waals surface area contributed by atoms with Crippen molar-refractivity contribution in [1.82, 2.24) is 5.32 Å². The van der Waals surface area contributed by atoms with E-state index in [2.05, 4.69) is 10.6 Å². The second-order valence-corrected chi connectivity index (χ2v) is 5.10. The van der Waals surface area contributed by atoms with Crippen molar-refractivity contribution in [2.75, 3.05) is 11.9 Å². The lowest BCUT2D eigenvalue weighted by atomic mass is 10.0. The molecule has 0 saturated heterocycles. The highest BCUT2D eigenvalue weighted by molar-refractivity contribution is 5.89. The maximum atomic E-state index is 12.4. The first-order valence-electron chi connectivity index (χ1n) is 6.69. The number of anilines is 1. The molecule has 1 atom stereocenters. The fourth-order valence-electron chi connectivity index (χ4n) is 1.83. The Morgan fingerprint density at radius 2 is 1.81 bits per heavy atom.